The fourth-order valence-electron chi connectivity index (χ4n) is 5.04. The molecular formula is C18H25N3O. The lowest BCUT2D eigenvalue weighted by Gasteiger charge is -2.51. The van der Waals surface area contributed by atoms with Crippen molar-refractivity contribution >= 4 is 5.91 Å². The molecule has 4 aliphatic rings. The number of hydrogen-bond acceptors (Lipinski definition) is 3. The highest BCUT2D eigenvalue weighted by Gasteiger charge is 2.52. The maximum absolute atomic E-state index is 11.2. The Morgan fingerprint density at radius 1 is 1.14 bits per heavy atom. The highest BCUT2D eigenvalue weighted by atomic mass is 16.1. The van der Waals surface area contributed by atoms with E-state index in [2.05, 4.69) is 40.1 Å². The van der Waals surface area contributed by atoms with Gasteiger partial charge in [-0.1, -0.05) is 30.3 Å². The second-order valence-corrected chi connectivity index (χ2v) is 7.08. The van der Waals surface area contributed by atoms with Gasteiger partial charge >= 0.3 is 0 Å². The maximum Gasteiger partial charge on any atom is 0.218 e. The summed E-state index contributed by atoms with van der Waals surface area (Å²) >= 11 is 0. The largest absolute Gasteiger partial charge is 0.370 e. The minimum absolute atomic E-state index is 0.180. The topological polar surface area (TPSA) is 49.6 Å². The van der Waals surface area contributed by atoms with Gasteiger partial charge in [-0.15, -0.1) is 0 Å². The maximum atomic E-state index is 11.2. The first kappa shape index (κ1) is 14.2. The average Bonchev–Trinajstić information content (AvgIpc) is 2.97. The van der Waals surface area contributed by atoms with Crippen molar-refractivity contribution in [1.82, 2.24) is 9.80 Å². The Labute approximate surface area is 132 Å². The van der Waals surface area contributed by atoms with Crippen LogP contribution in [0.1, 0.15) is 30.7 Å². The van der Waals surface area contributed by atoms with Crippen molar-refractivity contribution in [3.8, 4) is 0 Å². The van der Waals surface area contributed by atoms with Gasteiger partial charge in [0.2, 0.25) is 5.91 Å². The number of carbonyl (C=O) groups is 1. The van der Waals surface area contributed by atoms with Gasteiger partial charge in [-0.05, 0) is 37.4 Å². The Hall–Kier alpha value is -1.39. The van der Waals surface area contributed by atoms with E-state index in [4.69, 9.17) is 5.73 Å². The summed E-state index contributed by atoms with van der Waals surface area (Å²) in [5.41, 5.74) is 6.83. The second kappa shape index (κ2) is 5.67. The van der Waals surface area contributed by atoms with E-state index in [-0.39, 0.29) is 5.91 Å². The van der Waals surface area contributed by atoms with Crippen LogP contribution in [0.25, 0.3) is 0 Å². The third-order valence-electron chi connectivity index (χ3n) is 5.97. The quantitative estimate of drug-likeness (QED) is 0.915. The van der Waals surface area contributed by atoms with Crippen LogP contribution in [0, 0.1) is 5.92 Å². The van der Waals surface area contributed by atoms with E-state index < -0.39 is 0 Å². The molecule has 0 aliphatic carbocycles. The van der Waals surface area contributed by atoms with E-state index in [1.165, 1.54) is 31.5 Å². The molecule has 2 N–H and O–H groups in total. The minimum Gasteiger partial charge on any atom is -0.370 e. The normalized spacial score (nSPS) is 37.2. The summed E-state index contributed by atoms with van der Waals surface area (Å²) < 4.78 is 0. The van der Waals surface area contributed by atoms with Crippen molar-refractivity contribution in [2.24, 2.45) is 11.7 Å². The predicted octanol–water partition coefficient (Wildman–Crippen LogP) is 1.42. The Bertz CT molecular complexity index is 539. The number of benzene rings is 1. The van der Waals surface area contributed by atoms with Crippen LogP contribution in [0.15, 0.2) is 30.3 Å². The van der Waals surface area contributed by atoms with Crippen molar-refractivity contribution < 1.29 is 4.79 Å². The fraction of sp³-hybridized carbons (Fsp3) is 0.611. The summed E-state index contributed by atoms with van der Waals surface area (Å²) in [6.07, 6.45) is 3.11. The van der Waals surface area contributed by atoms with Crippen molar-refractivity contribution in [3.63, 3.8) is 0 Å². The van der Waals surface area contributed by atoms with E-state index in [1.807, 2.05) is 0 Å². The molecule has 0 aromatic heterocycles. The van der Waals surface area contributed by atoms with Crippen molar-refractivity contribution in [2.45, 2.75) is 37.3 Å². The summed E-state index contributed by atoms with van der Waals surface area (Å²) in [4.78, 5) is 16.5. The number of rotatable bonds is 4. The predicted molar refractivity (Wildman–Crippen MR) is 86.4 cm³/mol. The zero-order valence-corrected chi connectivity index (χ0v) is 13.0. The summed E-state index contributed by atoms with van der Waals surface area (Å²) in [6.45, 7) is 4.39. The van der Waals surface area contributed by atoms with Gasteiger partial charge < -0.3 is 5.73 Å². The van der Waals surface area contributed by atoms with Crippen molar-refractivity contribution in [1.29, 1.82) is 0 Å². The van der Waals surface area contributed by atoms with Crippen LogP contribution >= 0.6 is 0 Å². The molecule has 4 aliphatic heterocycles. The number of carbonyl (C=O) groups excluding carboxylic acids is 1. The zero-order valence-electron chi connectivity index (χ0n) is 13.0. The molecule has 0 radical (unpaired) electrons. The molecule has 4 fully saturated rings. The molecule has 4 nitrogen and oxygen atoms in total. The van der Waals surface area contributed by atoms with E-state index in [0.717, 1.165) is 19.0 Å². The monoisotopic (exact) mass is 299 g/mol. The van der Waals surface area contributed by atoms with Gasteiger partial charge in [0.1, 0.15) is 0 Å². The number of hydrogen-bond donors (Lipinski definition) is 1. The smallest absolute Gasteiger partial charge is 0.218 e. The van der Waals surface area contributed by atoms with E-state index in [9.17, 15) is 4.79 Å². The number of likely N-dealkylation sites (tertiary alicyclic amines) is 1. The third-order valence-corrected chi connectivity index (χ3v) is 5.97. The highest BCUT2D eigenvalue weighted by Crippen LogP contribution is 2.46. The molecule has 5 rings (SSSR count). The summed E-state index contributed by atoms with van der Waals surface area (Å²) in [7, 11) is 0. The second-order valence-electron chi connectivity index (χ2n) is 7.08. The standard InChI is InChI=1S/C18H25N3O/c19-16(22)8-11-21-12-15(13-4-2-1-3-5-13)18-17(21)14-6-9-20(18)10-7-14/h1-5,14-15,17-18H,6-12H2,(H2,19,22)/t15-,17+,18+/m1/s1. The first-order valence-electron chi connectivity index (χ1n) is 8.55. The number of primary amides is 1. The number of piperidine rings is 3. The third kappa shape index (κ3) is 2.34. The van der Waals surface area contributed by atoms with Crippen LogP contribution in [0.3, 0.4) is 0 Å². The van der Waals surface area contributed by atoms with E-state index >= 15 is 0 Å². The van der Waals surface area contributed by atoms with Crippen molar-refractivity contribution in [3.05, 3.63) is 35.9 Å². The molecule has 118 valence electrons. The van der Waals surface area contributed by atoms with Crippen LogP contribution in [0.2, 0.25) is 0 Å². The average molecular weight is 299 g/mol. The Morgan fingerprint density at radius 2 is 1.86 bits per heavy atom. The Kier molecular flexibility index (Phi) is 3.66. The number of nitrogens with two attached hydrogens (primary N) is 1. The molecule has 1 aromatic carbocycles. The molecule has 4 saturated heterocycles. The first-order valence-corrected chi connectivity index (χ1v) is 8.55. The van der Waals surface area contributed by atoms with Crippen LogP contribution in [-0.2, 0) is 4.79 Å². The number of fused-ring (bicyclic) bond motifs is 2. The fourth-order valence-corrected chi connectivity index (χ4v) is 5.04. The van der Waals surface area contributed by atoms with Gasteiger partial charge in [-0.25, -0.2) is 0 Å². The lowest BCUT2D eigenvalue weighted by Crippen LogP contribution is -2.60. The van der Waals surface area contributed by atoms with E-state index in [1.54, 1.807) is 0 Å². The number of nitrogens with zero attached hydrogens (tertiary/aromatic N) is 2. The Balaban J connectivity index is 1.62. The molecule has 0 unspecified atom stereocenters. The zero-order chi connectivity index (χ0) is 15.1. The number of amides is 1. The van der Waals surface area contributed by atoms with Gasteiger partial charge in [-0.2, -0.15) is 0 Å². The molecule has 22 heavy (non-hydrogen) atoms. The SMILES string of the molecule is NC(=O)CCN1C[C@H](c2ccccc2)[C@H]2[C@@H]1C1CCN2CC1. The summed E-state index contributed by atoms with van der Waals surface area (Å²) in [5.74, 6) is 1.19. The highest BCUT2D eigenvalue weighted by molar-refractivity contribution is 5.73. The molecule has 0 saturated carbocycles. The van der Waals surface area contributed by atoms with Crippen LogP contribution in [-0.4, -0.2) is 54.0 Å². The molecule has 1 amide bonds. The molecular weight excluding hydrogens is 274 g/mol. The van der Waals surface area contributed by atoms with Crippen LogP contribution in [0.5, 0.6) is 0 Å². The van der Waals surface area contributed by atoms with E-state index in [0.29, 0.717) is 24.4 Å². The molecule has 0 spiro atoms. The summed E-state index contributed by atoms with van der Waals surface area (Å²) in [5, 5.41) is 0. The molecule has 4 heterocycles. The van der Waals surface area contributed by atoms with Gasteiger partial charge in [0.15, 0.2) is 0 Å². The van der Waals surface area contributed by atoms with Crippen molar-refractivity contribution in [2.75, 3.05) is 26.2 Å². The summed E-state index contributed by atoms with van der Waals surface area (Å²) in [6, 6.07) is 12.2. The van der Waals surface area contributed by atoms with Gasteiger partial charge in [-0.3, -0.25) is 14.6 Å². The molecule has 1 aromatic rings. The molecule has 3 atom stereocenters. The minimum atomic E-state index is -0.180. The van der Waals surface area contributed by atoms with Crippen LogP contribution < -0.4 is 5.73 Å². The molecule has 4 heteroatoms. The molecule has 2 bridgehead atoms. The lowest BCUT2D eigenvalue weighted by molar-refractivity contribution is -0.118. The van der Waals surface area contributed by atoms with Gasteiger partial charge in [0, 0.05) is 37.5 Å². The first-order chi connectivity index (χ1) is 10.7. The Morgan fingerprint density at radius 3 is 2.55 bits per heavy atom. The van der Waals surface area contributed by atoms with Crippen LogP contribution in [0.4, 0.5) is 0 Å². The van der Waals surface area contributed by atoms with Gasteiger partial charge in [0.05, 0.1) is 0 Å². The van der Waals surface area contributed by atoms with Gasteiger partial charge in [0.25, 0.3) is 0 Å². The lowest BCUT2D eigenvalue weighted by atomic mass is 9.75.